The van der Waals surface area contributed by atoms with Gasteiger partial charge in [0.25, 0.3) is 0 Å². The first kappa shape index (κ1) is 31.2. The van der Waals surface area contributed by atoms with E-state index in [2.05, 4.69) is 33.2 Å². The maximum atomic E-state index is 12.3. The van der Waals surface area contributed by atoms with Crippen LogP contribution < -0.4 is 19.5 Å². The van der Waals surface area contributed by atoms with Gasteiger partial charge in [0.05, 0.1) is 30.2 Å². The van der Waals surface area contributed by atoms with Crippen LogP contribution in [0.5, 0.6) is 11.5 Å². The first-order valence-corrected chi connectivity index (χ1v) is 17.1. The summed E-state index contributed by atoms with van der Waals surface area (Å²) in [5.41, 5.74) is 5.33. The average Bonchev–Trinajstić information content (AvgIpc) is 3.43. The lowest BCUT2D eigenvalue weighted by atomic mass is 10.1. The van der Waals surface area contributed by atoms with E-state index in [-0.39, 0.29) is 6.10 Å². The molecule has 0 saturated heterocycles. The summed E-state index contributed by atoms with van der Waals surface area (Å²) in [5, 5.41) is 5.81. The fraction of sp³-hybridized carbons (Fsp3) is 0.189. The lowest BCUT2D eigenvalue weighted by Gasteiger charge is -2.21. The van der Waals surface area contributed by atoms with Crippen LogP contribution in [0, 0.1) is 0 Å². The van der Waals surface area contributed by atoms with E-state index in [0.29, 0.717) is 44.3 Å². The average molecular weight is 636 g/mol. The summed E-state index contributed by atoms with van der Waals surface area (Å²) in [7, 11) is -3.56. The fourth-order valence-electron chi connectivity index (χ4n) is 5.33. The molecule has 0 aliphatic rings. The molecule has 3 N–H and O–H groups in total. The molecule has 1 heterocycles. The Morgan fingerprint density at radius 3 is 2.17 bits per heavy atom. The van der Waals surface area contributed by atoms with Gasteiger partial charge in [0.1, 0.15) is 24.7 Å². The standard InChI is InChI=1S/C37H37N3O5S/c1-46(41,42)40-35-22-29(16-19-36(35)44-25-27-10-4-2-5-11-27)37(45-26-28-12-6-3-7-13-28)24-38-20-21-43-30-17-18-32-31-14-8-9-15-33(31)39-34(32)23-30/h2-19,22-23,37-40H,20-21,24-26H2,1H3. The summed E-state index contributed by atoms with van der Waals surface area (Å²) >= 11 is 0. The molecule has 0 aliphatic heterocycles. The molecule has 0 bridgehead atoms. The molecule has 0 radical (unpaired) electrons. The molecule has 9 heteroatoms. The second-order valence-corrected chi connectivity index (χ2v) is 12.9. The van der Waals surface area contributed by atoms with Crippen molar-refractivity contribution in [3.8, 4) is 11.5 Å². The Morgan fingerprint density at radius 2 is 1.41 bits per heavy atom. The lowest BCUT2D eigenvalue weighted by Crippen LogP contribution is -2.27. The van der Waals surface area contributed by atoms with Crippen molar-refractivity contribution in [3.63, 3.8) is 0 Å². The minimum Gasteiger partial charge on any atom is -0.492 e. The van der Waals surface area contributed by atoms with Crippen LogP contribution in [0.3, 0.4) is 0 Å². The van der Waals surface area contributed by atoms with Gasteiger partial charge < -0.3 is 24.5 Å². The maximum Gasteiger partial charge on any atom is 0.229 e. The number of nitrogens with one attached hydrogen (secondary N) is 3. The van der Waals surface area contributed by atoms with Gasteiger partial charge in [-0.05, 0) is 47.0 Å². The summed E-state index contributed by atoms with van der Waals surface area (Å²) < 4.78 is 45.6. The van der Waals surface area contributed by atoms with Crippen LogP contribution in [0.2, 0.25) is 0 Å². The van der Waals surface area contributed by atoms with Gasteiger partial charge in [-0.3, -0.25) is 4.72 Å². The Balaban J connectivity index is 1.13. The van der Waals surface area contributed by atoms with E-state index in [1.54, 1.807) is 12.1 Å². The van der Waals surface area contributed by atoms with Gasteiger partial charge in [-0.2, -0.15) is 0 Å². The van der Waals surface area contributed by atoms with Crippen molar-refractivity contribution in [2.24, 2.45) is 0 Å². The quantitative estimate of drug-likeness (QED) is 0.103. The maximum absolute atomic E-state index is 12.3. The minimum absolute atomic E-state index is 0.307. The molecule has 0 fully saturated rings. The van der Waals surface area contributed by atoms with Crippen LogP contribution in [0.15, 0.2) is 121 Å². The van der Waals surface area contributed by atoms with Crippen LogP contribution in [0.1, 0.15) is 22.8 Å². The Labute approximate surface area is 269 Å². The fourth-order valence-corrected chi connectivity index (χ4v) is 5.89. The highest BCUT2D eigenvalue weighted by molar-refractivity contribution is 7.92. The van der Waals surface area contributed by atoms with Gasteiger partial charge in [-0.15, -0.1) is 0 Å². The van der Waals surface area contributed by atoms with Gasteiger partial charge in [0.2, 0.25) is 10.0 Å². The summed E-state index contributed by atoms with van der Waals surface area (Å²) in [6, 6.07) is 39.5. The van der Waals surface area contributed by atoms with Gasteiger partial charge >= 0.3 is 0 Å². The van der Waals surface area contributed by atoms with Gasteiger partial charge in [0.15, 0.2) is 0 Å². The number of fused-ring (bicyclic) bond motifs is 3. The summed E-state index contributed by atoms with van der Waals surface area (Å²) in [5.74, 6) is 1.23. The number of ether oxygens (including phenoxy) is 3. The predicted octanol–water partition coefficient (Wildman–Crippen LogP) is 7.20. The van der Waals surface area contributed by atoms with Crippen molar-refractivity contribution < 1.29 is 22.6 Å². The monoisotopic (exact) mass is 635 g/mol. The predicted molar refractivity (Wildman–Crippen MR) is 184 cm³/mol. The minimum atomic E-state index is -3.56. The van der Waals surface area contributed by atoms with E-state index in [4.69, 9.17) is 14.2 Å². The van der Waals surface area contributed by atoms with Gasteiger partial charge in [0, 0.05) is 35.4 Å². The number of H-pyrrole nitrogens is 1. The number of benzene rings is 5. The van der Waals surface area contributed by atoms with Crippen LogP contribution in [0.25, 0.3) is 21.8 Å². The lowest BCUT2D eigenvalue weighted by molar-refractivity contribution is 0.0394. The number of para-hydroxylation sites is 1. The smallest absolute Gasteiger partial charge is 0.229 e. The molecule has 0 amide bonds. The molecule has 1 atom stereocenters. The van der Waals surface area contributed by atoms with Gasteiger partial charge in [-0.25, -0.2) is 8.42 Å². The molecular formula is C37H37N3O5S. The van der Waals surface area contributed by atoms with Crippen LogP contribution in [0.4, 0.5) is 5.69 Å². The van der Waals surface area contributed by atoms with Crippen molar-refractivity contribution in [3.05, 3.63) is 138 Å². The number of aromatic amines is 1. The van der Waals surface area contributed by atoms with E-state index in [0.717, 1.165) is 39.7 Å². The first-order chi connectivity index (χ1) is 22.4. The van der Waals surface area contributed by atoms with E-state index in [9.17, 15) is 8.42 Å². The number of hydrogen-bond acceptors (Lipinski definition) is 6. The molecule has 8 nitrogen and oxygen atoms in total. The second kappa shape index (κ2) is 14.5. The highest BCUT2D eigenvalue weighted by Crippen LogP contribution is 2.32. The molecule has 46 heavy (non-hydrogen) atoms. The number of rotatable bonds is 15. The van der Waals surface area contributed by atoms with E-state index >= 15 is 0 Å². The second-order valence-electron chi connectivity index (χ2n) is 11.1. The number of sulfonamides is 1. The molecular weight excluding hydrogens is 598 g/mol. The van der Waals surface area contributed by atoms with Gasteiger partial charge in [-0.1, -0.05) is 84.9 Å². The molecule has 6 aromatic rings. The molecule has 6 rings (SSSR count). The van der Waals surface area contributed by atoms with Crippen molar-refractivity contribution in [2.45, 2.75) is 19.3 Å². The van der Waals surface area contributed by atoms with Crippen molar-refractivity contribution in [1.29, 1.82) is 0 Å². The highest BCUT2D eigenvalue weighted by Gasteiger charge is 2.17. The van der Waals surface area contributed by atoms with Crippen molar-refractivity contribution in [2.75, 3.05) is 30.7 Å². The normalized spacial score (nSPS) is 12.3. The molecule has 1 aromatic heterocycles. The number of anilines is 1. The third-order valence-corrected chi connectivity index (χ3v) is 8.15. The Kier molecular flexibility index (Phi) is 9.83. The zero-order valence-electron chi connectivity index (χ0n) is 25.6. The van der Waals surface area contributed by atoms with E-state index < -0.39 is 10.0 Å². The summed E-state index contributed by atoms with van der Waals surface area (Å²) in [6.07, 6.45) is 0.757. The SMILES string of the molecule is CS(=O)(=O)Nc1cc(C(CNCCOc2ccc3c(c2)[nH]c2ccccc23)OCc2ccccc2)ccc1OCc1ccccc1. The van der Waals surface area contributed by atoms with Crippen LogP contribution in [-0.2, 0) is 28.0 Å². The zero-order valence-corrected chi connectivity index (χ0v) is 26.4. The third-order valence-electron chi connectivity index (χ3n) is 7.56. The number of aromatic nitrogens is 1. The number of hydrogen-bond donors (Lipinski definition) is 3. The van der Waals surface area contributed by atoms with E-state index in [1.807, 2.05) is 91.0 Å². The van der Waals surface area contributed by atoms with Crippen LogP contribution in [-0.4, -0.2) is 39.4 Å². The Morgan fingerprint density at radius 1 is 0.717 bits per heavy atom. The van der Waals surface area contributed by atoms with Crippen molar-refractivity contribution in [1.82, 2.24) is 10.3 Å². The van der Waals surface area contributed by atoms with Crippen LogP contribution >= 0.6 is 0 Å². The topological polar surface area (TPSA) is 102 Å². The largest absolute Gasteiger partial charge is 0.492 e. The first-order valence-electron chi connectivity index (χ1n) is 15.2. The molecule has 0 aliphatic carbocycles. The molecule has 5 aromatic carbocycles. The molecule has 236 valence electrons. The molecule has 0 saturated carbocycles. The summed E-state index contributed by atoms with van der Waals surface area (Å²) in [4.78, 5) is 3.46. The van der Waals surface area contributed by atoms with E-state index in [1.165, 1.54) is 10.8 Å². The molecule has 0 spiro atoms. The highest BCUT2D eigenvalue weighted by atomic mass is 32.2. The van der Waals surface area contributed by atoms with Crippen molar-refractivity contribution >= 4 is 37.5 Å². The molecule has 1 unspecified atom stereocenters. The Hall–Kier alpha value is -4.83. The zero-order chi connectivity index (χ0) is 31.8. The Bertz CT molecular complexity index is 2000. The third kappa shape index (κ3) is 8.25. The summed E-state index contributed by atoms with van der Waals surface area (Å²) in [6.45, 7) is 2.24.